The Morgan fingerprint density at radius 1 is 1.73 bits per heavy atom. The van der Waals surface area contributed by atoms with Crippen LogP contribution in [0.25, 0.3) is 0 Å². The van der Waals surface area contributed by atoms with Crippen LogP contribution >= 0.6 is 11.6 Å². The first-order valence-electron chi connectivity index (χ1n) is 3.22. The van der Waals surface area contributed by atoms with Crippen molar-refractivity contribution in [3.63, 3.8) is 0 Å². The lowest BCUT2D eigenvalue weighted by Crippen LogP contribution is -1.99. The van der Waals surface area contributed by atoms with Crippen molar-refractivity contribution < 1.29 is 4.74 Å². The summed E-state index contributed by atoms with van der Waals surface area (Å²) in [7, 11) is 1.59. The molecule has 3 heteroatoms. The van der Waals surface area contributed by atoms with Gasteiger partial charge in [0, 0.05) is 18.2 Å². The SMILES string of the molecule is COc1cc(Cl)[c]cc1CN. The molecule has 1 aromatic rings. The summed E-state index contributed by atoms with van der Waals surface area (Å²) in [6.07, 6.45) is 0. The molecule has 0 aliphatic carbocycles. The fourth-order valence-electron chi connectivity index (χ4n) is 0.826. The van der Waals surface area contributed by atoms with E-state index in [0.29, 0.717) is 11.6 Å². The van der Waals surface area contributed by atoms with Gasteiger partial charge in [-0.3, -0.25) is 0 Å². The molecule has 2 N–H and O–H groups in total. The summed E-state index contributed by atoms with van der Waals surface area (Å²) in [6.45, 7) is 0.441. The highest BCUT2D eigenvalue weighted by atomic mass is 35.5. The maximum Gasteiger partial charge on any atom is 0.124 e. The van der Waals surface area contributed by atoms with Crippen LogP contribution in [0.5, 0.6) is 5.75 Å². The zero-order valence-corrected chi connectivity index (χ0v) is 6.98. The van der Waals surface area contributed by atoms with Crippen LogP contribution in [0.2, 0.25) is 5.02 Å². The number of rotatable bonds is 2. The van der Waals surface area contributed by atoms with E-state index < -0.39 is 0 Å². The van der Waals surface area contributed by atoms with Gasteiger partial charge in [-0.2, -0.15) is 0 Å². The molecule has 0 unspecified atom stereocenters. The molecule has 0 saturated carbocycles. The average molecular weight is 171 g/mol. The van der Waals surface area contributed by atoms with Crippen LogP contribution < -0.4 is 10.5 Å². The monoisotopic (exact) mass is 170 g/mol. The second-order valence-electron chi connectivity index (χ2n) is 2.08. The minimum absolute atomic E-state index is 0.441. The van der Waals surface area contributed by atoms with Crippen molar-refractivity contribution in [3.05, 3.63) is 28.8 Å². The highest BCUT2D eigenvalue weighted by Crippen LogP contribution is 2.21. The molecule has 0 heterocycles. The van der Waals surface area contributed by atoms with E-state index >= 15 is 0 Å². The molecule has 2 nitrogen and oxygen atoms in total. The zero-order chi connectivity index (χ0) is 8.27. The summed E-state index contributed by atoms with van der Waals surface area (Å²) in [4.78, 5) is 0. The van der Waals surface area contributed by atoms with Crippen LogP contribution in [0.15, 0.2) is 12.1 Å². The normalized spacial score (nSPS) is 9.73. The third-order valence-electron chi connectivity index (χ3n) is 1.40. The van der Waals surface area contributed by atoms with Gasteiger partial charge in [0.15, 0.2) is 0 Å². The molecule has 0 aliphatic heterocycles. The van der Waals surface area contributed by atoms with Gasteiger partial charge in [-0.1, -0.05) is 11.6 Å². The molecule has 0 saturated heterocycles. The number of halogens is 1. The van der Waals surface area contributed by atoms with E-state index in [1.165, 1.54) is 0 Å². The molecule has 0 spiro atoms. The zero-order valence-electron chi connectivity index (χ0n) is 6.23. The first-order chi connectivity index (χ1) is 5.27. The van der Waals surface area contributed by atoms with Gasteiger partial charge < -0.3 is 10.5 Å². The fourth-order valence-corrected chi connectivity index (χ4v) is 0.980. The van der Waals surface area contributed by atoms with Crippen molar-refractivity contribution in [1.29, 1.82) is 0 Å². The third kappa shape index (κ3) is 1.85. The number of benzene rings is 1. The molecule has 59 valence electrons. The summed E-state index contributed by atoms with van der Waals surface area (Å²) >= 11 is 5.68. The lowest BCUT2D eigenvalue weighted by Gasteiger charge is -2.05. The molecule has 0 bridgehead atoms. The fraction of sp³-hybridized carbons (Fsp3) is 0.250. The van der Waals surface area contributed by atoms with Crippen LogP contribution in [0.1, 0.15) is 5.56 Å². The van der Waals surface area contributed by atoms with Crippen LogP contribution in [-0.2, 0) is 6.54 Å². The van der Waals surface area contributed by atoms with Crippen LogP contribution in [0.3, 0.4) is 0 Å². The largest absolute Gasteiger partial charge is 0.496 e. The smallest absolute Gasteiger partial charge is 0.124 e. The first kappa shape index (κ1) is 8.37. The highest BCUT2D eigenvalue weighted by Gasteiger charge is 2.00. The van der Waals surface area contributed by atoms with Crippen molar-refractivity contribution in [1.82, 2.24) is 0 Å². The standard InChI is InChI=1S/C8H9ClNO/c1-11-8-4-7(9)3-2-6(8)5-10/h2,4H,5,10H2,1H3. The molecule has 0 atom stereocenters. The Morgan fingerprint density at radius 3 is 3.00 bits per heavy atom. The maximum absolute atomic E-state index is 5.68. The molecule has 0 aromatic heterocycles. The van der Waals surface area contributed by atoms with Gasteiger partial charge >= 0.3 is 0 Å². The van der Waals surface area contributed by atoms with Gasteiger partial charge in [0.25, 0.3) is 0 Å². The van der Waals surface area contributed by atoms with Gasteiger partial charge in [0.2, 0.25) is 0 Å². The van der Waals surface area contributed by atoms with Gasteiger partial charge in [0.05, 0.1) is 12.1 Å². The molecule has 0 fully saturated rings. The summed E-state index contributed by atoms with van der Waals surface area (Å²) in [5, 5.41) is 0.541. The molecule has 0 aliphatic rings. The number of ether oxygens (including phenoxy) is 1. The van der Waals surface area contributed by atoms with Crippen molar-refractivity contribution in [2.24, 2.45) is 5.73 Å². The maximum atomic E-state index is 5.68. The minimum atomic E-state index is 0.441. The predicted molar refractivity (Wildman–Crippen MR) is 44.7 cm³/mol. The Morgan fingerprint density at radius 2 is 2.45 bits per heavy atom. The van der Waals surface area contributed by atoms with Crippen molar-refractivity contribution in [2.75, 3.05) is 7.11 Å². The van der Waals surface area contributed by atoms with Crippen LogP contribution in [0, 0.1) is 6.07 Å². The van der Waals surface area contributed by atoms with Crippen LogP contribution in [0.4, 0.5) is 0 Å². The third-order valence-corrected chi connectivity index (χ3v) is 1.62. The topological polar surface area (TPSA) is 35.2 Å². The lowest BCUT2D eigenvalue weighted by molar-refractivity contribution is 0.410. The molecule has 1 radical (unpaired) electrons. The van der Waals surface area contributed by atoms with E-state index in [1.54, 1.807) is 19.2 Å². The summed E-state index contributed by atoms with van der Waals surface area (Å²) in [5.41, 5.74) is 6.35. The van der Waals surface area contributed by atoms with Crippen molar-refractivity contribution >= 4 is 11.6 Å². The second kappa shape index (κ2) is 3.60. The lowest BCUT2D eigenvalue weighted by atomic mass is 10.2. The van der Waals surface area contributed by atoms with Crippen molar-refractivity contribution in [3.8, 4) is 5.75 Å². The Labute approximate surface area is 70.9 Å². The Balaban J connectivity index is 3.06. The summed E-state index contributed by atoms with van der Waals surface area (Å²) in [5.74, 6) is 0.719. The number of hydrogen-bond acceptors (Lipinski definition) is 2. The number of nitrogens with two attached hydrogens (primary N) is 1. The van der Waals surface area contributed by atoms with E-state index in [1.807, 2.05) is 0 Å². The average Bonchev–Trinajstić information content (AvgIpc) is 2.04. The number of methoxy groups -OCH3 is 1. The molecule has 1 rings (SSSR count). The Bertz CT molecular complexity index is 250. The summed E-state index contributed by atoms with van der Waals surface area (Å²) < 4.78 is 5.03. The summed E-state index contributed by atoms with van der Waals surface area (Å²) in [6, 6.07) is 6.27. The highest BCUT2D eigenvalue weighted by molar-refractivity contribution is 6.30. The van der Waals surface area contributed by atoms with E-state index in [0.717, 1.165) is 11.3 Å². The quantitative estimate of drug-likeness (QED) is 0.732. The minimum Gasteiger partial charge on any atom is -0.496 e. The van der Waals surface area contributed by atoms with E-state index in [-0.39, 0.29) is 0 Å². The molecule has 1 aromatic carbocycles. The van der Waals surface area contributed by atoms with Gasteiger partial charge in [-0.25, -0.2) is 0 Å². The second-order valence-corrected chi connectivity index (χ2v) is 2.49. The Kier molecular flexibility index (Phi) is 2.74. The van der Waals surface area contributed by atoms with Crippen LogP contribution in [-0.4, -0.2) is 7.11 Å². The van der Waals surface area contributed by atoms with E-state index in [2.05, 4.69) is 6.07 Å². The Hall–Kier alpha value is -0.730. The molecule has 0 amide bonds. The predicted octanol–water partition coefficient (Wildman–Crippen LogP) is 1.61. The molecular weight excluding hydrogens is 162 g/mol. The first-order valence-corrected chi connectivity index (χ1v) is 3.60. The van der Waals surface area contributed by atoms with Gasteiger partial charge in [-0.05, 0) is 12.1 Å². The van der Waals surface area contributed by atoms with Gasteiger partial charge in [0.1, 0.15) is 5.75 Å². The number of hydrogen-bond donors (Lipinski definition) is 1. The molecule has 11 heavy (non-hydrogen) atoms. The van der Waals surface area contributed by atoms with E-state index in [4.69, 9.17) is 22.1 Å². The molecular formula is C8H9ClNO. The van der Waals surface area contributed by atoms with Gasteiger partial charge in [-0.15, -0.1) is 0 Å². The van der Waals surface area contributed by atoms with Crippen molar-refractivity contribution in [2.45, 2.75) is 6.54 Å². The van der Waals surface area contributed by atoms with E-state index in [9.17, 15) is 0 Å².